The van der Waals surface area contributed by atoms with E-state index in [1.807, 2.05) is 13.1 Å². The molecule has 0 saturated heterocycles. The van der Waals surface area contributed by atoms with Gasteiger partial charge in [0.1, 0.15) is 17.7 Å². The number of aryl methyl sites for hydroxylation is 2. The fraction of sp³-hybridized carbons (Fsp3) is 0.500. The fourth-order valence-electron chi connectivity index (χ4n) is 3.60. The van der Waals surface area contributed by atoms with Crippen LogP contribution in [-0.4, -0.2) is 35.4 Å². The van der Waals surface area contributed by atoms with Gasteiger partial charge in [-0.2, -0.15) is 4.31 Å². The molecule has 0 fully saturated rings. The Labute approximate surface area is 148 Å². The van der Waals surface area contributed by atoms with Gasteiger partial charge in [-0.15, -0.1) is 0 Å². The van der Waals surface area contributed by atoms with Gasteiger partial charge < -0.3 is 9.30 Å². The second-order valence-corrected chi connectivity index (χ2v) is 9.01. The molecular formula is C18H23N3O3S. The summed E-state index contributed by atoms with van der Waals surface area (Å²) in [5, 5.41) is 0. The smallest absolute Gasteiger partial charge is 0.243 e. The van der Waals surface area contributed by atoms with Crippen LogP contribution in [0.15, 0.2) is 29.3 Å². The molecule has 1 unspecified atom stereocenters. The molecule has 134 valence electrons. The van der Waals surface area contributed by atoms with Crippen LogP contribution in [0.3, 0.4) is 0 Å². The number of aromatic nitrogens is 2. The maximum absolute atomic E-state index is 12.9. The average Bonchev–Trinajstić information content (AvgIpc) is 3.15. The summed E-state index contributed by atoms with van der Waals surface area (Å²) >= 11 is 0. The number of fused-ring (bicyclic) bond motifs is 2. The van der Waals surface area contributed by atoms with Gasteiger partial charge in [0.2, 0.25) is 10.0 Å². The number of benzene rings is 1. The summed E-state index contributed by atoms with van der Waals surface area (Å²) < 4.78 is 35.0. The van der Waals surface area contributed by atoms with E-state index in [0.717, 1.165) is 55.1 Å². The molecule has 0 radical (unpaired) electrons. The lowest BCUT2D eigenvalue weighted by Crippen LogP contribution is -2.26. The molecule has 2 aliphatic rings. The highest BCUT2D eigenvalue weighted by Gasteiger charge is 2.26. The summed E-state index contributed by atoms with van der Waals surface area (Å²) in [6, 6.07) is 5.12. The third-order valence-corrected chi connectivity index (χ3v) is 6.72. The maximum Gasteiger partial charge on any atom is 0.243 e. The number of hydrogen-bond acceptors (Lipinski definition) is 4. The molecule has 0 aliphatic carbocycles. The van der Waals surface area contributed by atoms with Gasteiger partial charge in [0.15, 0.2) is 0 Å². The molecule has 0 amide bonds. The Morgan fingerprint density at radius 3 is 3.00 bits per heavy atom. The predicted molar refractivity (Wildman–Crippen MR) is 94.1 cm³/mol. The normalized spacial score (nSPS) is 19.6. The van der Waals surface area contributed by atoms with E-state index in [0.29, 0.717) is 4.90 Å². The van der Waals surface area contributed by atoms with Crippen LogP contribution in [0.5, 0.6) is 5.75 Å². The van der Waals surface area contributed by atoms with E-state index in [2.05, 4.69) is 9.55 Å². The van der Waals surface area contributed by atoms with Crippen molar-refractivity contribution in [3.63, 3.8) is 0 Å². The van der Waals surface area contributed by atoms with Crippen molar-refractivity contribution in [3.05, 3.63) is 41.5 Å². The Balaban J connectivity index is 1.55. The van der Waals surface area contributed by atoms with Crippen molar-refractivity contribution in [2.24, 2.45) is 0 Å². The second kappa shape index (κ2) is 6.14. The summed E-state index contributed by atoms with van der Waals surface area (Å²) in [6.45, 7) is 3.24. The zero-order valence-electron chi connectivity index (χ0n) is 14.6. The number of hydrogen-bond donors (Lipinski definition) is 0. The maximum atomic E-state index is 12.9. The molecule has 4 rings (SSSR count). The van der Waals surface area contributed by atoms with Crippen LogP contribution in [0.4, 0.5) is 0 Å². The summed E-state index contributed by atoms with van der Waals surface area (Å²) in [5.74, 6) is 1.85. The number of ether oxygens (including phenoxy) is 1. The summed E-state index contributed by atoms with van der Waals surface area (Å²) in [6.07, 6.45) is 6.11. The van der Waals surface area contributed by atoms with Crippen molar-refractivity contribution in [2.75, 3.05) is 7.05 Å². The van der Waals surface area contributed by atoms with Crippen LogP contribution in [0, 0.1) is 0 Å². The SMILES string of the molecule is CC1Cc2cc(S(=O)(=O)N(C)Cc3cn4c(n3)CCCC4)ccc2O1. The minimum absolute atomic E-state index is 0.0996. The standard InChI is InChI=1S/C18H23N3O3S/c1-13-9-14-10-16(6-7-17(14)24-13)25(22,23)20(2)11-15-12-21-8-4-3-5-18(21)19-15/h6-7,10,12-13H,3-5,8-9,11H2,1-2H3. The zero-order valence-corrected chi connectivity index (χ0v) is 15.4. The Morgan fingerprint density at radius 1 is 1.36 bits per heavy atom. The van der Waals surface area contributed by atoms with Gasteiger partial charge in [-0.1, -0.05) is 0 Å². The third kappa shape index (κ3) is 3.06. The number of nitrogens with zero attached hydrogens (tertiary/aromatic N) is 3. The van der Waals surface area contributed by atoms with E-state index >= 15 is 0 Å². The summed E-state index contributed by atoms with van der Waals surface area (Å²) in [5.41, 5.74) is 1.76. The van der Waals surface area contributed by atoms with Gasteiger partial charge in [-0.3, -0.25) is 0 Å². The Kier molecular flexibility index (Phi) is 4.08. The van der Waals surface area contributed by atoms with E-state index in [4.69, 9.17) is 4.74 Å². The van der Waals surface area contributed by atoms with Gasteiger partial charge in [0.05, 0.1) is 17.1 Å². The van der Waals surface area contributed by atoms with Gasteiger partial charge >= 0.3 is 0 Å². The Hall–Kier alpha value is -1.86. The minimum Gasteiger partial charge on any atom is -0.490 e. The molecule has 1 aromatic carbocycles. The van der Waals surface area contributed by atoms with Gasteiger partial charge in [-0.25, -0.2) is 13.4 Å². The number of rotatable bonds is 4. The molecule has 2 aromatic rings. The molecule has 7 heteroatoms. The molecule has 2 aliphatic heterocycles. The third-order valence-electron chi connectivity index (χ3n) is 4.92. The monoisotopic (exact) mass is 361 g/mol. The highest BCUT2D eigenvalue weighted by Crippen LogP contribution is 2.31. The van der Waals surface area contributed by atoms with Crippen molar-refractivity contribution >= 4 is 10.0 Å². The van der Waals surface area contributed by atoms with Crippen LogP contribution in [0.1, 0.15) is 36.8 Å². The zero-order chi connectivity index (χ0) is 17.6. The first-order chi connectivity index (χ1) is 11.9. The Morgan fingerprint density at radius 2 is 2.20 bits per heavy atom. The van der Waals surface area contributed by atoms with E-state index in [-0.39, 0.29) is 12.6 Å². The van der Waals surface area contributed by atoms with Gasteiger partial charge in [0, 0.05) is 32.6 Å². The van der Waals surface area contributed by atoms with E-state index in [1.54, 1.807) is 25.2 Å². The molecule has 0 bridgehead atoms. The van der Waals surface area contributed by atoms with Crippen molar-refractivity contribution < 1.29 is 13.2 Å². The highest BCUT2D eigenvalue weighted by atomic mass is 32.2. The van der Waals surface area contributed by atoms with Crippen LogP contribution in [0.2, 0.25) is 0 Å². The van der Waals surface area contributed by atoms with E-state index in [1.165, 1.54) is 4.31 Å². The lowest BCUT2D eigenvalue weighted by molar-refractivity contribution is 0.254. The lowest BCUT2D eigenvalue weighted by Gasteiger charge is -2.16. The largest absolute Gasteiger partial charge is 0.490 e. The van der Waals surface area contributed by atoms with Crippen molar-refractivity contribution in [3.8, 4) is 5.75 Å². The Bertz CT molecular complexity index is 881. The van der Waals surface area contributed by atoms with Crippen LogP contribution in [0.25, 0.3) is 0 Å². The second-order valence-electron chi connectivity index (χ2n) is 6.96. The predicted octanol–water partition coefficient (Wildman–Crippen LogP) is 2.36. The highest BCUT2D eigenvalue weighted by molar-refractivity contribution is 7.89. The van der Waals surface area contributed by atoms with Crippen LogP contribution >= 0.6 is 0 Å². The molecule has 3 heterocycles. The molecule has 0 N–H and O–H groups in total. The fourth-order valence-corrected chi connectivity index (χ4v) is 4.79. The van der Waals surface area contributed by atoms with Crippen molar-refractivity contribution in [1.29, 1.82) is 0 Å². The number of sulfonamides is 1. The van der Waals surface area contributed by atoms with Crippen LogP contribution in [-0.2, 0) is 36.0 Å². The molecule has 6 nitrogen and oxygen atoms in total. The molecule has 1 atom stereocenters. The molecule has 0 saturated carbocycles. The van der Waals surface area contributed by atoms with E-state index in [9.17, 15) is 8.42 Å². The first-order valence-corrected chi connectivity index (χ1v) is 10.2. The minimum atomic E-state index is -3.55. The molecular weight excluding hydrogens is 338 g/mol. The summed E-state index contributed by atoms with van der Waals surface area (Å²) in [4.78, 5) is 4.92. The lowest BCUT2D eigenvalue weighted by atomic mass is 10.1. The first-order valence-electron chi connectivity index (χ1n) is 8.74. The number of imidazole rings is 1. The summed E-state index contributed by atoms with van der Waals surface area (Å²) in [7, 11) is -1.94. The molecule has 1 aromatic heterocycles. The van der Waals surface area contributed by atoms with Gasteiger partial charge in [-0.05, 0) is 43.5 Å². The first kappa shape index (κ1) is 16.6. The topological polar surface area (TPSA) is 64.4 Å². The van der Waals surface area contributed by atoms with Gasteiger partial charge in [0.25, 0.3) is 0 Å². The average molecular weight is 361 g/mol. The van der Waals surface area contributed by atoms with Crippen molar-refractivity contribution in [1.82, 2.24) is 13.9 Å². The van der Waals surface area contributed by atoms with Crippen molar-refractivity contribution in [2.45, 2.75) is 56.7 Å². The molecule has 0 spiro atoms. The molecule has 25 heavy (non-hydrogen) atoms. The van der Waals surface area contributed by atoms with E-state index < -0.39 is 10.0 Å². The quantitative estimate of drug-likeness (QED) is 0.839. The van der Waals surface area contributed by atoms with Crippen LogP contribution < -0.4 is 4.74 Å².